The third-order valence-corrected chi connectivity index (χ3v) is 2.77. The van der Waals surface area contributed by atoms with Crippen molar-refractivity contribution in [3.63, 3.8) is 0 Å². The highest BCUT2D eigenvalue weighted by molar-refractivity contribution is 5.76. The number of benzene rings is 1. The lowest BCUT2D eigenvalue weighted by Crippen LogP contribution is -2.11. The van der Waals surface area contributed by atoms with E-state index in [4.69, 9.17) is 5.11 Å². The van der Waals surface area contributed by atoms with Gasteiger partial charge in [0.25, 0.3) is 0 Å². The molecule has 2 N–H and O–H groups in total. The highest BCUT2D eigenvalue weighted by atomic mass is 16.3. The number of nitrogens with zero attached hydrogens (tertiary/aromatic N) is 1. The minimum absolute atomic E-state index is 0.0955. The maximum Gasteiger partial charge on any atom is 0.326 e. The number of aryl methyl sites for hydroxylation is 1. The highest BCUT2D eigenvalue weighted by Crippen LogP contribution is 2.18. The van der Waals surface area contributed by atoms with Crippen LogP contribution < -0.4 is 5.69 Å². The van der Waals surface area contributed by atoms with E-state index >= 15 is 0 Å². The minimum Gasteiger partial charge on any atom is -0.396 e. The fourth-order valence-corrected chi connectivity index (χ4v) is 1.67. The number of aliphatic hydroxyl groups is 1. The molecule has 0 saturated heterocycles. The molecule has 1 heterocycles. The van der Waals surface area contributed by atoms with E-state index in [2.05, 4.69) is 4.98 Å². The highest BCUT2D eigenvalue weighted by Gasteiger charge is 2.07. The molecule has 4 nitrogen and oxygen atoms in total. The van der Waals surface area contributed by atoms with Crippen LogP contribution in [0.4, 0.5) is 0 Å². The maximum absolute atomic E-state index is 11.3. The van der Waals surface area contributed by atoms with Crippen LogP contribution in [-0.4, -0.2) is 21.3 Å². The Balaban J connectivity index is 2.62. The first kappa shape index (κ1) is 9.98. The summed E-state index contributed by atoms with van der Waals surface area (Å²) >= 11 is 0. The van der Waals surface area contributed by atoms with Crippen molar-refractivity contribution in [1.82, 2.24) is 9.55 Å². The van der Waals surface area contributed by atoms with Crippen molar-refractivity contribution in [3.8, 4) is 0 Å². The van der Waals surface area contributed by atoms with Crippen molar-refractivity contribution >= 4 is 11.0 Å². The third-order valence-electron chi connectivity index (χ3n) is 2.77. The zero-order chi connectivity index (χ0) is 11.0. The summed E-state index contributed by atoms with van der Waals surface area (Å²) in [4.78, 5) is 14.1. The van der Waals surface area contributed by atoms with E-state index < -0.39 is 0 Å². The molecule has 2 aromatic rings. The van der Waals surface area contributed by atoms with Crippen LogP contribution in [0, 0.1) is 0 Å². The van der Waals surface area contributed by atoms with Gasteiger partial charge in [-0.25, -0.2) is 4.79 Å². The molecule has 1 aromatic carbocycles. The van der Waals surface area contributed by atoms with E-state index in [1.807, 2.05) is 25.1 Å². The Bertz CT molecular complexity index is 539. The molecular formula is C11H14N2O2. The first-order valence-corrected chi connectivity index (χ1v) is 4.93. The third kappa shape index (κ3) is 1.57. The summed E-state index contributed by atoms with van der Waals surface area (Å²) in [5.41, 5.74) is 2.62. The van der Waals surface area contributed by atoms with Crippen molar-refractivity contribution in [2.75, 3.05) is 6.61 Å². The maximum atomic E-state index is 11.3. The number of aliphatic hydroxyl groups excluding tert-OH is 1. The van der Waals surface area contributed by atoms with Crippen LogP contribution in [0.5, 0.6) is 0 Å². The largest absolute Gasteiger partial charge is 0.396 e. The van der Waals surface area contributed by atoms with E-state index in [-0.39, 0.29) is 18.2 Å². The number of nitrogens with one attached hydrogen (secondary N) is 1. The molecule has 1 unspecified atom stereocenters. The van der Waals surface area contributed by atoms with Crippen molar-refractivity contribution in [2.24, 2.45) is 7.05 Å². The molecule has 15 heavy (non-hydrogen) atoms. The molecule has 0 aliphatic carbocycles. The Kier molecular flexibility index (Phi) is 2.36. The Morgan fingerprint density at radius 1 is 1.53 bits per heavy atom. The van der Waals surface area contributed by atoms with Crippen molar-refractivity contribution in [1.29, 1.82) is 0 Å². The van der Waals surface area contributed by atoms with Crippen LogP contribution in [-0.2, 0) is 7.05 Å². The van der Waals surface area contributed by atoms with E-state index in [0.29, 0.717) is 0 Å². The van der Waals surface area contributed by atoms with Gasteiger partial charge in [-0.15, -0.1) is 0 Å². The predicted octanol–water partition coefficient (Wildman–Crippen LogP) is 0.962. The molecule has 0 amide bonds. The molecule has 0 bridgehead atoms. The smallest absolute Gasteiger partial charge is 0.326 e. The second-order valence-electron chi connectivity index (χ2n) is 3.85. The number of aromatic nitrogens is 2. The summed E-state index contributed by atoms with van der Waals surface area (Å²) in [5.74, 6) is 0.0955. The normalized spacial score (nSPS) is 13.3. The average molecular weight is 206 g/mol. The lowest BCUT2D eigenvalue weighted by Gasteiger charge is -2.07. The SMILES string of the molecule is CC(CO)c1ccc2c(c1)[nH]c(=O)n2C. The van der Waals surface area contributed by atoms with E-state index in [0.717, 1.165) is 16.6 Å². The number of rotatable bonds is 2. The van der Waals surface area contributed by atoms with Gasteiger partial charge in [0.15, 0.2) is 0 Å². The van der Waals surface area contributed by atoms with Crippen LogP contribution in [0.25, 0.3) is 11.0 Å². The Hall–Kier alpha value is -1.55. The fraction of sp³-hybridized carbons (Fsp3) is 0.364. The quantitative estimate of drug-likeness (QED) is 0.769. The topological polar surface area (TPSA) is 58.0 Å². The zero-order valence-electron chi connectivity index (χ0n) is 8.82. The first-order chi connectivity index (χ1) is 7.13. The molecule has 1 aromatic heterocycles. The molecular weight excluding hydrogens is 192 g/mol. The van der Waals surface area contributed by atoms with Crippen LogP contribution in [0.2, 0.25) is 0 Å². The van der Waals surface area contributed by atoms with Gasteiger partial charge in [-0.1, -0.05) is 13.0 Å². The number of hydrogen-bond donors (Lipinski definition) is 2. The Morgan fingerprint density at radius 3 is 2.93 bits per heavy atom. The molecule has 0 aliphatic heterocycles. The second-order valence-corrected chi connectivity index (χ2v) is 3.85. The molecule has 2 rings (SSSR count). The monoisotopic (exact) mass is 206 g/mol. The number of aromatic amines is 1. The molecule has 0 aliphatic rings. The second kappa shape index (κ2) is 3.55. The van der Waals surface area contributed by atoms with Crippen LogP contribution in [0.1, 0.15) is 18.4 Å². The van der Waals surface area contributed by atoms with Gasteiger partial charge in [0, 0.05) is 19.6 Å². The minimum atomic E-state index is -0.112. The number of H-pyrrole nitrogens is 1. The molecule has 0 spiro atoms. The van der Waals surface area contributed by atoms with E-state index in [1.54, 1.807) is 11.6 Å². The predicted molar refractivity (Wildman–Crippen MR) is 59.0 cm³/mol. The summed E-state index contributed by atoms with van der Waals surface area (Å²) in [6, 6.07) is 5.75. The Morgan fingerprint density at radius 2 is 2.27 bits per heavy atom. The van der Waals surface area contributed by atoms with Crippen molar-refractivity contribution < 1.29 is 5.11 Å². The molecule has 4 heteroatoms. The van der Waals surface area contributed by atoms with Gasteiger partial charge < -0.3 is 10.1 Å². The fourth-order valence-electron chi connectivity index (χ4n) is 1.67. The molecule has 0 saturated carbocycles. The summed E-state index contributed by atoms with van der Waals surface area (Å²) in [6.45, 7) is 2.06. The van der Waals surface area contributed by atoms with E-state index in [9.17, 15) is 4.79 Å². The number of imidazole rings is 1. The van der Waals surface area contributed by atoms with Crippen molar-refractivity contribution in [3.05, 3.63) is 34.2 Å². The summed E-state index contributed by atoms with van der Waals surface area (Å²) in [5, 5.41) is 9.04. The summed E-state index contributed by atoms with van der Waals surface area (Å²) in [7, 11) is 1.73. The Labute approximate surface area is 87.2 Å². The standard InChI is InChI=1S/C11H14N2O2/c1-7(6-14)8-3-4-10-9(5-8)12-11(15)13(10)2/h3-5,7,14H,6H2,1-2H3,(H,12,15). The van der Waals surface area contributed by atoms with Crippen LogP contribution in [0.3, 0.4) is 0 Å². The summed E-state index contributed by atoms with van der Waals surface area (Å²) < 4.78 is 1.57. The summed E-state index contributed by atoms with van der Waals surface area (Å²) in [6.07, 6.45) is 0. The van der Waals surface area contributed by atoms with Crippen molar-refractivity contribution in [2.45, 2.75) is 12.8 Å². The van der Waals surface area contributed by atoms with Gasteiger partial charge in [0.05, 0.1) is 11.0 Å². The molecule has 80 valence electrons. The zero-order valence-corrected chi connectivity index (χ0v) is 8.82. The molecule has 1 atom stereocenters. The van der Waals surface area contributed by atoms with E-state index in [1.165, 1.54) is 0 Å². The lowest BCUT2D eigenvalue weighted by molar-refractivity contribution is 0.273. The van der Waals surface area contributed by atoms with Gasteiger partial charge in [-0.05, 0) is 17.7 Å². The van der Waals surface area contributed by atoms with Gasteiger partial charge in [0.1, 0.15) is 0 Å². The van der Waals surface area contributed by atoms with Gasteiger partial charge >= 0.3 is 5.69 Å². The molecule has 0 fully saturated rings. The van der Waals surface area contributed by atoms with Crippen LogP contribution >= 0.6 is 0 Å². The number of fused-ring (bicyclic) bond motifs is 1. The van der Waals surface area contributed by atoms with Gasteiger partial charge in [-0.3, -0.25) is 4.57 Å². The molecule has 0 radical (unpaired) electrons. The van der Waals surface area contributed by atoms with Gasteiger partial charge in [-0.2, -0.15) is 0 Å². The lowest BCUT2D eigenvalue weighted by atomic mass is 10.0. The number of hydrogen-bond acceptors (Lipinski definition) is 2. The average Bonchev–Trinajstić information content (AvgIpc) is 2.53. The van der Waals surface area contributed by atoms with Gasteiger partial charge in [0.2, 0.25) is 0 Å². The van der Waals surface area contributed by atoms with Crippen LogP contribution in [0.15, 0.2) is 23.0 Å². The first-order valence-electron chi connectivity index (χ1n) is 4.93.